The van der Waals surface area contributed by atoms with Gasteiger partial charge in [-0.15, -0.1) is 0 Å². The maximum Gasteiger partial charge on any atom is 0.165 e. The second-order valence-electron chi connectivity index (χ2n) is 3.99. The van der Waals surface area contributed by atoms with Crippen molar-refractivity contribution in [1.29, 1.82) is 0 Å². The van der Waals surface area contributed by atoms with E-state index in [4.69, 9.17) is 10.5 Å². The van der Waals surface area contributed by atoms with Gasteiger partial charge in [-0.3, -0.25) is 0 Å². The molecule has 4 nitrogen and oxygen atoms in total. The van der Waals surface area contributed by atoms with Gasteiger partial charge in [0, 0.05) is 15.7 Å². The van der Waals surface area contributed by atoms with Gasteiger partial charge in [0.05, 0.1) is 12.7 Å². The van der Waals surface area contributed by atoms with Crippen molar-refractivity contribution in [1.82, 2.24) is 9.97 Å². The van der Waals surface area contributed by atoms with E-state index in [0.29, 0.717) is 11.6 Å². The summed E-state index contributed by atoms with van der Waals surface area (Å²) in [7, 11) is 1.62. The quantitative estimate of drug-likeness (QED) is 0.926. The minimum Gasteiger partial charge on any atom is -0.496 e. The highest BCUT2D eigenvalue weighted by molar-refractivity contribution is 9.10. The lowest BCUT2D eigenvalue weighted by atomic mass is 10.1. The summed E-state index contributed by atoms with van der Waals surface area (Å²) in [6.07, 6.45) is 0. The molecular weight excluding hydrogens is 294 g/mol. The van der Waals surface area contributed by atoms with Crippen LogP contribution in [0.3, 0.4) is 0 Å². The molecule has 18 heavy (non-hydrogen) atoms. The van der Waals surface area contributed by atoms with Crippen LogP contribution in [0.2, 0.25) is 0 Å². The number of nitrogen functional groups attached to an aromatic ring is 1. The first-order valence-electron chi connectivity index (χ1n) is 5.47. The monoisotopic (exact) mass is 307 g/mol. The molecule has 2 aromatic rings. The Labute approximate surface area is 114 Å². The molecule has 0 spiro atoms. The highest BCUT2D eigenvalue weighted by Gasteiger charge is 2.12. The number of nitrogens with two attached hydrogens (primary N) is 1. The third kappa shape index (κ3) is 2.31. The Bertz CT molecular complexity index is 576. The fraction of sp³-hybridized carbons (Fsp3) is 0.231. The van der Waals surface area contributed by atoms with Crippen LogP contribution in [-0.2, 0) is 0 Å². The van der Waals surface area contributed by atoms with Gasteiger partial charge < -0.3 is 10.5 Å². The van der Waals surface area contributed by atoms with Gasteiger partial charge >= 0.3 is 0 Å². The van der Waals surface area contributed by atoms with Gasteiger partial charge in [-0.2, -0.15) is 0 Å². The number of nitrogens with zero attached hydrogens (tertiary/aromatic N) is 2. The standard InChI is InChI=1S/C13H14BrN3O/c1-7-8(2)16-13(17-12(7)15)10-6-9(14)4-5-11(10)18-3/h4-6H,1-3H3,(H2,15,16,17). The van der Waals surface area contributed by atoms with Crippen LogP contribution < -0.4 is 10.5 Å². The fourth-order valence-corrected chi connectivity index (χ4v) is 1.99. The molecule has 1 aromatic carbocycles. The first-order chi connectivity index (χ1) is 8.52. The van der Waals surface area contributed by atoms with E-state index in [0.717, 1.165) is 27.0 Å². The number of ether oxygens (including phenoxy) is 1. The van der Waals surface area contributed by atoms with E-state index in [9.17, 15) is 0 Å². The van der Waals surface area contributed by atoms with E-state index in [-0.39, 0.29) is 0 Å². The van der Waals surface area contributed by atoms with Gasteiger partial charge in [-0.25, -0.2) is 9.97 Å². The summed E-state index contributed by atoms with van der Waals surface area (Å²) in [5.41, 5.74) is 8.49. The maximum absolute atomic E-state index is 5.88. The number of anilines is 1. The van der Waals surface area contributed by atoms with E-state index >= 15 is 0 Å². The van der Waals surface area contributed by atoms with Crippen LogP contribution in [0.15, 0.2) is 22.7 Å². The zero-order valence-corrected chi connectivity index (χ0v) is 12.1. The SMILES string of the molecule is COc1ccc(Br)cc1-c1nc(C)c(C)c(N)n1. The third-order valence-electron chi connectivity index (χ3n) is 2.83. The van der Waals surface area contributed by atoms with E-state index in [1.807, 2.05) is 32.0 Å². The minimum atomic E-state index is 0.500. The van der Waals surface area contributed by atoms with E-state index in [1.165, 1.54) is 0 Å². The van der Waals surface area contributed by atoms with Crippen LogP contribution >= 0.6 is 15.9 Å². The Balaban J connectivity index is 2.65. The summed E-state index contributed by atoms with van der Waals surface area (Å²) < 4.78 is 6.27. The molecular formula is C13H14BrN3O. The molecule has 2 rings (SSSR count). The van der Waals surface area contributed by atoms with Crippen LogP contribution in [0.1, 0.15) is 11.3 Å². The molecule has 0 bridgehead atoms. The summed E-state index contributed by atoms with van der Waals surface area (Å²) in [5, 5.41) is 0. The smallest absolute Gasteiger partial charge is 0.165 e. The number of aromatic nitrogens is 2. The maximum atomic E-state index is 5.88. The molecule has 94 valence electrons. The number of aryl methyl sites for hydroxylation is 1. The lowest BCUT2D eigenvalue weighted by Gasteiger charge is -2.10. The molecule has 0 unspecified atom stereocenters. The Morgan fingerprint density at radius 3 is 2.56 bits per heavy atom. The summed E-state index contributed by atoms with van der Waals surface area (Å²) in [6.45, 7) is 3.83. The van der Waals surface area contributed by atoms with Gasteiger partial charge in [0.2, 0.25) is 0 Å². The van der Waals surface area contributed by atoms with Gasteiger partial charge in [-0.1, -0.05) is 15.9 Å². The molecule has 5 heteroatoms. The summed E-state index contributed by atoms with van der Waals surface area (Å²) >= 11 is 3.43. The number of hydrogen-bond acceptors (Lipinski definition) is 4. The molecule has 0 atom stereocenters. The van der Waals surface area contributed by atoms with Gasteiger partial charge in [0.25, 0.3) is 0 Å². The number of rotatable bonds is 2. The van der Waals surface area contributed by atoms with Crippen molar-refractivity contribution in [2.45, 2.75) is 13.8 Å². The Morgan fingerprint density at radius 2 is 1.94 bits per heavy atom. The van der Waals surface area contributed by atoms with Crippen LogP contribution in [-0.4, -0.2) is 17.1 Å². The summed E-state index contributed by atoms with van der Waals surface area (Å²) in [6, 6.07) is 5.70. The minimum absolute atomic E-state index is 0.500. The van der Waals surface area contributed by atoms with Crippen LogP contribution in [0.5, 0.6) is 5.75 Å². The fourth-order valence-electron chi connectivity index (χ4n) is 1.63. The van der Waals surface area contributed by atoms with Crippen molar-refractivity contribution in [3.8, 4) is 17.1 Å². The van der Waals surface area contributed by atoms with E-state index in [1.54, 1.807) is 7.11 Å². The van der Waals surface area contributed by atoms with E-state index < -0.39 is 0 Å². The second kappa shape index (κ2) is 4.94. The number of benzene rings is 1. The summed E-state index contributed by atoms with van der Waals surface area (Å²) in [5.74, 6) is 1.80. The molecule has 0 saturated heterocycles. The molecule has 0 saturated carbocycles. The van der Waals surface area contributed by atoms with Crippen LogP contribution in [0, 0.1) is 13.8 Å². The average Bonchev–Trinajstić information content (AvgIpc) is 2.35. The molecule has 0 aliphatic carbocycles. The highest BCUT2D eigenvalue weighted by Crippen LogP contribution is 2.31. The van der Waals surface area contributed by atoms with E-state index in [2.05, 4.69) is 25.9 Å². The van der Waals surface area contributed by atoms with Gasteiger partial charge in [0.15, 0.2) is 5.82 Å². The summed E-state index contributed by atoms with van der Waals surface area (Å²) in [4.78, 5) is 8.78. The van der Waals surface area contributed by atoms with Crippen molar-refractivity contribution < 1.29 is 4.74 Å². The van der Waals surface area contributed by atoms with Crippen molar-refractivity contribution in [3.05, 3.63) is 33.9 Å². The van der Waals surface area contributed by atoms with Crippen molar-refractivity contribution in [3.63, 3.8) is 0 Å². The zero-order chi connectivity index (χ0) is 13.3. The molecule has 0 radical (unpaired) electrons. The molecule has 0 amide bonds. The van der Waals surface area contributed by atoms with Crippen LogP contribution in [0.4, 0.5) is 5.82 Å². The highest BCUT2D eigenvalue weighted by atomic mass is 79.9. The first-order valence-corrected chi connectivity index (χ1v) is 6.27. The lowest BCUT2D eigenvalue weighted by Crippen LogP contribution is -2.03. The number of methoxy groups -OCH3 is 1. The zero-order valence-electron chi connectivity index (χ0n) is 10.5. The van der Waals surface area contributed by atoms with Crippen molar-refractivity contribution in [2.24, 2.45) is 0 Å². The normalized spacial score (nSPS) is 10.4. The molecule has 0 fully saturated rings. The molecule has 2 N–H and O–H groups in total. The predicted molar refractivity (Wildman–Crippen MR) is 75.6 cm³/mol. The molecule has 0 aliphatic rings. The second-order valence-corrected chi connectivity index (χ2v) is 4.90. The predicted octanol–water partition coefficient (Wildman–Crippen LogP) is 3.11. The Kier molecular flexibility index (Phi) is 3.52. The largest absolute Gasteiger partial charge is 0.496 e. The average molecular weight is 308 g/mol. The molecule has 1 aromatic heterocycles. The van der Waals surface area contributed by atoms with Crippen molar-refractivity contribution in [2.75, 3.05) is 12.8 Å². The molecule has 0 aliphatic heterocycles. The Morgan fingerprint density at radius 1 is 1.22 bits per heavy atom. The van der Waals surface area contributed by atoms with Gasteiger partial charge in [-0.05, 0) is 32.0 Å². The Hall–Kier alpha value is -1.62. The van der Waals surface area contributed by atoms with Crippen molar-refractivity contribution >= 4 is 21.7 Å². The molecule has 1 heterocycles. The topological polar surface area (TPSA) is 61.0 Å². The number of halogens is 1. The lowest BCUT2D eigenvalue weighted by molar-refractivity contribution is 0.416. The third-order valence-corrected chi connectivity index (χ3v) is 3.32. The number of hydrogen-bond donors (Lipinski definition) is 1. The van der Waals surface area contributed by atoms with Crippen LogP contribution in [0.25, 0.3) is 11.4 Å². The van der Waals surface area contributed by atoms with Gasteiger partial charge in [0.1, 0.15) is 11.6 Å². The first kappa shape index (κ1) is 12.8.